The van der Waals surface area contributed by atoms with Crippen LogP contribution in [-0.4, -0.2) is 27.0 Å². The summed E-state index contributed by atoms with van der Waals surface area (Å²) in [6.07, 6.45) is 0. The number of rotatable bonds is 3. The van der Waals surface area contributed by atoms with Gasteiger partial charge >= 0.3 is 5.91 Å². The third-order valence-corrected chi connectivity index (χ3v) is 5.56. The molecule has 0 aliphatic carbocycles. The number of carbonyl (C=O) groups is 2. The van der Waals surface area contributed by atoms with E-state index in [9.17, 15) is 14.7 Å². The van der Waals surface area contributed by atoms with Gasteiger partial charge in [-0.05, 0) is 18.6 Å². The van der Waals surface area contributed by atoms with Crippen molar-refractivity contribution in [3.8, 4) is 0 Å². The molecule has 1 aliphatic heterocycles. The van der Waals surface area contributed by atoms with Crippen LogP contribution < -0.4 is 4.90 Å². The molecule has 28 heavy (non-hydrogen) atoms. The molecule has 1 aromatic heterocycles. The van der Waals surface area contributed by atoms with Crippen molar-refractivity contribution in [1.29, 1.82) is 0 Å². The van der Waals surface area contributed by atoms with Crippen LogP contribution in [0.2, 0.25) is 5.02 Å². The molecule has 140 valence electrons. The minimum Gasteiger partial charge on any atom is -0.507 e. The van der Waals surface area contributed by atoms with E-state index in [2.05, 4.69) is 10.2 Å². The Bertz CT molecular complexity index is 1090. The minimum absolute atomic E-state index is 0.0304. The van der Waals surface area contributed by atoms with E-state index in [4.69, 9.17) is 11.6 Å². The van der Waals surface area contributed by atoms with Crippen LogP contribution in [0.25, 0.3) is 5.76 Å². The second-order valence-electron chi connectivity index (χ2n) is 6.28. The number of Topliss-reactive ketones (excluding diaryl/α,β-unsaturated/α-hetero) is 1. The van der Waals surface area contributed by atoms with Crippen LogP contribution in [0, 0.1) is 6.92 Å². The summed E-state index contributed by atoms with van der Waals surface area (Å²) in [6, 6.07) is 13.0. The van der Waals surface area contributed by atoms with Crippen molar-refractivity contribution in [2.75, 3.05) is 4.90 Å². The lowest BCUT2D eigenvalue weighted by Gasteiger charge is -2.23. The molecule has 0 spiro atoms. The van der Waals surface area contributed by atoms with Gasteiger partial charge in [-0.3, -0.25) is 14.5 Å². The molecule has 1 atom stereocenters. The average molecular weight is 412 g/mol. The van der Waals surface area contributed by atoms with Crippen LogP contribution >= 0.6 is 22.9 Å². The highest BCUT2D eigenvalue weighted by Gasteiger charge is 2.48. The molecule has 1 fully saturated rings. The predicted octanol–water partition coefficient (Wildman–Crippen LogP) is 4.13. The SMILES string of the molecule is Cc1ccc(C(O)=C2C(=O)C(=O)N(c3nncs3)[C@@H]2c2ccccc2Cl)cc1. The number of anilines is 1. The molecule has 0 bridgehead atoms. The van der Waals surface area contributed by atoms with Crippen LogP contribution in [0.1, 0.15) is 22.7 Å². The fourth-order valence-electron chi connectivity index (χ4n) is 3.16. The summed E-state index contributed by atoms with van der Waals surface area (Å²) >= 11 is 7.50. The topological polar surface area (TPSA) is 83.4 Å². The van der Waals surface area contributed by atoms with E-state index in [-0.39, 0.29) is 16.5 Å². The van der Waals surface area contributed by atoms with Gasteiger partial charge in [0.1, 0.15) is 11.3 Å². The van der Waals surface area contributed by atoms with Crippen molar-refractivity contribution in [1.82, 2.24) is 10.2 Å². The quantitative estimate of drug-likeness (QED) is 0.398. The molecule has 2 aromatic carbocycles. The molecule has 1 aliphatic rings. The molecule has 3 aromatic rings. The molecule has 6 nitrogen and oxygen atoms in total. The van der Waals surface area contributed by atoms with Gasteiger partial charge in [0.15, 0.2) is 0 Å². The molecule has 2 heterocycles. The van der Waals surface area contributed by atoms with Gasteiger partial charge in [-0.25, -0.2) is 0 Å². The van der Waals surface area contributed by atoms with Gasteiger partial charge in [0.25, 0.3) is 5.78 Å². The highest BCUT2D eigenvalue weighted by molar-refractivity contribution is 7.13. The van der Waals surface area contributed by atoms with Gasteiger partial charge in [0, 0.05) is 10.6 Å². The Morgan fingerprint density at radius 1 is 1.14 bits per heavy atom. The molecule has 0 unspecified atom stereocenters. The fourth-order valence-corrected chi connectivity index (χ4v) is 3.98. The maximum atomic E-state index is 12.9. The number of aliphatic hydroxyl groups is 1. The average Bonchev–Trinajstić information content (AvgIpc) is 3.30. The van der Waals surface area contributed by atoms with Gasteiger partial charge in [-0.1, -0.05) is 71.0 Å². The molecular formula is C20H14ClN3O3S. The zero-order chi connectivity index (χ0) is 19.8. The van der Waals surface area contributed by atoms with E-state index in [1.54, 1.807) is 36.4 Å². The molecule has 4 rings (SSSR count). The summed E-state index contributed by atoms with van der Waals surface area (Å²) in [7, 11) is 0. The number of hydrogen-bond donors (Lipinski definition) is 1. The number of halogens is 1. The highest BCUT2D eigenvalue weighted by atomic mass is 35.5. The number of aryl methyl sites for hydroxylation is 1. The Balaban J connectivity index is 1.96. The molecule has 8 heteroatoms. The zero-order valence-corrected chi connectivity index (χ0v) is 16.2. The van der Waals surface area contributed by atoms with Gasteiger partial charge in [0.2, 0.25) is 5.13 Å². The minimum atomic E-state index is -0.900. The first kappa shape index (κ1) is 18.3. The first-order valence-corrected chi connectivity index (χ1v) is 9.63. The van der Waals surface area contributed by atoms with Crippen LogP contribution in [0.3, 0.4) is 0 Å². The summed E-state index contributed by atoms with van der Waals surface area (Å²) < 4.78 is 0. The normalized spacial score (nSPS) is 18.6. The smallest absolute Gasteiger partial charge is 0.301 e. The number of ketones is 1. The molecule has 1 saturated heterocycles. The Kier molecular flexibility index (Phi) is 4.70. The number of aliphatic hydroxyl groups excluding tert-OH is 1. The van der Waals surface area contributed by atoms with Crippen LogP contribution in [-0.2, 0) is 9.59 Å². The summed E-state index contributed by atoms with van der Waals surface area (Å²) in [6.45, 7) is 1.92. The molecule has 1 amide bonds. The number of carbonyl (C=O) groups excluding carboxylic acids is 2. The molecule has 0 radical (unpaired) electrons. The zero-order valence-electron chi connectivity index (χ0n) is 14.7. The van der Waals surface area contributed by atoms with Gasteiger partial charge in [-0.15, -0.1) is 10.2 Å². The number of hydrogen-bond acceptors (Lipinski definition) is 6. The van der Waals surface area contributed by atoms with Crippen molar-refractivity contribution in [3.63, 3.8) is 0 Å². The largest absolute Gasteiger partial charge is 0.507 e. The van der Waals surface area contributed by atoms with E-state index in [1.807, 2.05) is 19.1 Å². The number of aromatic nitrogens is 2. The molecule has 0 saturated carbocycles. The van der Waals surface area contributed by atoms with Crippen molar-refractivity contribution in [3.05, 3.63) is 81.3 Å². The lowest BCUT2D eigenvalue weighted by molar-refractivity contribution is -0.132. The maximum Gasteiger partial charge on any atom is 0.301 e. The van der Waals surface area contributed by atoms with Crippen LogP contribution in [0.4, 0.5) is 5.13 Å². The van der Waals surface area contributed by atoms with Gasteiger partial charge in [-0.2, -0.15) is 0 Å². The van der Waals surface area contributed by atoms with E-state index in [0.717, 1.165) is 16.9 Å². The van der Waals surface area contributed by atoms with Crippen molar-refractivity contribution in [2.24, 2.45) is 0 Å². The second-order valence-corrected chi connectivity index (χ2v) is 7.50. The number of benzene rings is 2. The first-order chi connectivity index (χ1) is 13.5. The summed E-state index contributed by atoms with van der Waals surface area (Å²) in [5.41, 5.74) is 3.41. The fraction of sp³-hybridized carbons (Fsp3) is 0.100. The van der Waals surface area contributed by atoms with E-state index >= 15 is 0 Å². The Labute approximate surface area is 169 Å². The lowest BCUT2D eigenvalue weighted by atomic mass is 9.95. The molecule has 1 N–H and O–H groups in total. The second kappa shape index (κ2) is 7.18. The Hall–Kier alpha value is -3.03. The predicted molar refractivity (Wildman–Crippen MR) is 107 cm³/mol. The van der Waals surface area contributed by atoms with E-state index < -0.39 is 17.7 Å². The van der Waals surface area contributed by atoms with Gasteiger partial charge < -0.3 is 5.11 Å². The first-order valence-electron chi connectivity index (χ1n) is 8.37. The lowest BCUT2D eigenvalue weighted by Crippen LogP contribution is -2.29. The third-order valence-electron chi connectivity index (χ3n) is 4.52. The number of amides is 1. The monoisotopic (exact) mass is 411 g/mol. The highest BCUT2D eigenvalue weighted by Crippen LogP contribution is 2.44. The van der Waals surface area contributed by atoms with Crippen molar-refractivity contribution in [2.45, 2.75) is 13.0 Å². The van der Waals surface area contributed by atoms with Crippen molar-refractivity contribution < 1.29 is 14.7 Å². The summed E-state index contributed by atoms with van der Waals surface area (Å²) in [4.78, 5) is 27.0. The van der Waals surface area contributed by atoms with E-state index in [0.29, 0.717) is 16.1 Å². The van der Waals surface area contributed by atoms with Gasteiger partial charge in [0.05, 0.1) is 11.6 Å². The molecular weight excluding hydrogens is 398 g/mol. The number of nitrogens with zero attached hydrogens (tertiary/aromatic N) is 3. The Morgan fingerprint density at radius 2 is 1.86 bits per heavy atom. The third kappa shape index (κ3) is 2.98. The van der Waals surface area contributed by atoms with Crippen LogP contribution in [0.5, 0.6) is 0 Å². The van der Waals surface area contributed by atoms with Crippen LogP contribution in [0.15, 0.2) is 59.6 Å². The Morgan fingerprint density at radius 3 is 2.50 bits per heavy atom. The standard InChI is InChI=1S/C20H14ClN3O3S/c1-11-6-8-12(9-7-11)17(25)15-16(13-4-2-3-5-14(13)21)24(19(27)18(15)26)20-23-22-10-28-20/h2-10,16,25H,1H3/t16-/m1/s1. The van der Waals surface area contributed by atoms with Crippen molar-refractivity contribution >= 4 is 45.5 Å². The van der Waals surface area contributed by atoms with E-state index in [1.165, 1.54) is 10.4 Å². The maximum absolute atomic E-state index is 12.9. The summed E-state index contributed by atoms with van der Waals surface area (Å²) in [5.74, 6) is -1.83. The summed E-state index contributed by atoms with van der Waals surface area (Å²) in [5, 5.41) is 19.3.